The van der Waals surface area contributed by atoms with E-state index >= 15 is 0 Å². The molecule has 4 heteroatoms. The first-order chi connectivity index (χ1) is 5.04. The molecule has 12 heavy (non-hydrogen) atoms. The molecule has 0 aliphatic heterocycles. The van der Waals surface area contributed by atoms with Gasteiger partial charge in [0.2, 0.25) is 0 Å². The lowest BCUT2D eigenvalue weighted by Crippen LogP contribution is -2.11. The molecule has 0 fully saturated rings. The summed E-state index contributed by atoms with van der Waals surface area (Å²) in [6.45, 7) is 6.50. The fourth-order valence-corrected chi connectivity index (χ4v) is 1.63. The fourth-order valence-electron chi connectivity index (χ4n) is 0.733. The van der Waals surface area contributed by atoms with Crippen LogP contribution in [0.1, 0.15) is 26.5 Å². The summed E-state index contributed by atoms with van der Waals surface area (Å²) in [5.74, 6) is 0. The van der Waals surface area contributed by atoms with Gasteiger partial charge in [-0.1, -0.05) is 20.8 Å². The van der Waals surface area contributed by atoms with Gasteiger partial charge in [-0.2, -0.15) is 0 Å². The molecule has 0 bridgehead atoms. The Morgan fingerprint density at radius 1 is 1.42 bits per heavy atom. The zero-order chi connectivity index (χ0) is 8.48. The molecule has 1 aromatic rings. The summed E-state index contributed by atoms with van der Waals surface area (Å²) in [5, 5.41) is 6.13. The number of nitrogens with zero attached hydrogens (tertiary/aromatic N) is 1. The van der Waals surface area contributed by atoms with Crippen molar-refractivity contribution < 1.29 is 0 Å². The number of hydrogen-bond acceptors (Lipinski definition) is 3. The third kappa shape index (κ3) is 2.75. The minimum Gasteiger partial charge on any atom is -0.365 e. The molecule has 0 unspecified atom stereocenters. The summed E-state index contributed by atoms with van der Waals surface area (Å²) >= 11 is 1.65. The number of hydrogen-bond donors (Lipinski definition) is 1. The van der Waals surface area contributed by atoms with Gasteiger partial charge in [-0.25, -0.2) is 4.98 Å². The molecule has 1 rings (SSSR count). The average Bonchev–Trinajstić information content (AvgIpc) is 2.32. The predicted molar refractivity (Wildman–Crippen MR) is 60.7 cm³/mol. The molecule has 0 atom stereocenters. The Kier molecular flexibility index (Phi) is 4.20. The number of anilines is 1. The van der Waals surface area contributed by atoms with E-state index in [1.54, 1.807) is 11.3 Å². The van der Waals surface area contributed by atoms with E-state index in [1.165, 1.54) is 0 Å². The number of nitrogens with one attached hydrogen (secondary N) is 1. The Labute approximate surface area is 88.2 Å². The van der Waals surface area contributed by atoms with Gasteiger partial charge in [0.05, 0.1) is 5.69 Å². The highest BCUT2D eigenvalue weighted by molar-refractivity contribution is 8.93. The van der Waals surface area contributed by atoms with Gasteiger partial charge in [0.1, 0.15) is 0 Å². The van der Waals surface area contributed by atoms with Crippen LogP contribution in [0.15, 0.2) is 5.38 Å². The van der Waals surface area contributed by atoms with Crippen LogP contribution in [0, 0.1) is 0 Å². The molecule has 1 N–H and O–H groups in total. The van der Waals surface area contributed by atoms with Crippen molar-refractivity contribution in [1.29, 1.82) is 0 Å². The Bertz CT molecular complexity index is 239. The van der Waals surface area contributed by atoms with E-state index in [2.05, 4.69) is 36.5 Å². The van der Waals surface area contributed by atoms with Crippen molar-refractivity contribution >= 4 is 33.4 Å². The van der Waals surface area contributed by atoms with Crippen LogP contribution in [0.2, 0.25) is 0 Å². The van der Waals surface area contributed by atoms with Gasteiger partial charge in [0, 0.05) is 17.8 Å². The molecule has 1 heterocycles. The first-order valence-electron chi connectivity index (χ1n) is 3.68. The number of thiazole rings is 1. The summed E-state index contributed by atoms with van der Waals surface area (Å²) < 4.78 is 0. The molecule has 0 amide bonds. The monoisotopic (exact) mass is 250 g/mol. The highest BCUT2D eigenvalue weighted by Gasteiger charge is 2.16. The van der Waals surface area contributed by atoms with E-state index < -0.39 is 0 Å². The SMILES string of the molecule is Br.CNc1nc(C(C)(C)C)cs1. The van der Waals surface area contributed by atoms with Gasteiger partial charge in [0.25, 0.3) is 0 Å². The van der Waals surface area contributed by atoms with E-state index in [1.807, 2.05) is 7.05 Å². The molecular formula is C8H15BrN2S. The van der Waals surface area contributed by atoms with Gasteiger partial charge in [-0.15, -0.1) is 28.3 Å². The van der Waals surface area contributed by atoms with Crippen LogP contribution in [0.5, 0.6) is 0 Å². The third-order valence-electron chi connectivity index (χ3n) is 1.49. The van der Waals surface area contributed by atoms with Crippen LogP contribution in [0.25, 0.3) is 0 Å². The van der Waals surface area contributed by atoms with E-state index in [4.69, 9.17) is 0 Å². The third-order valence-corrected chi connectivity index (χ3v) is 2.35. The maximum absolute atomic E-state index is 4.41. The summed E-state index contributed by atoms with van der Waals surface area (Å²) in [6.07, 6.45) is 0. The van der Waals surface area contributed by atoms with Gasteiger partial charge in [-0.3, -0.25) is 0 Å². The molecular weight excluding hydrogens is 236 g/mol. The molecule has 0 spiro atoms. The standard InChI is InChI=1S/C8H14N2S.BrH/c1-8(2,3)6-5-11-7(9-4)10-6;/h5H,1-4H3,(H,9,10);1H. The van der Waals surface area contributed by atoms with Crippen LogP contribution >= 0.6 is 28.3 Å². The normalized spacial score (nSPS) is 10.7. The van der Waals surface area contributed by atoms with Crippen molar-refractivity contribution in [3.63, 3.8) is 0 Å². The zero-order valence-corrected chi connectivity index (χ0v) is 10.4. The van der Waals surface area contributed by atoms with E-state index in [-0.39, 0.29) is 22.4 Å². The fraction of sp³-hybridized carbons (Fsp3) is 0.625. The molecule has 0 aromatic carbocycles. The average molecular weight is 251 g/mol. The number of halogens is 1. The van der Waals surface area contributed by atoms with Crippen molar-refractivity contribution in [3.05, 3.63) is 11.1 Å². The van der Waals surface area contributed by atoms with Crippen LogP contribution in [0.3, 0.4) is 0 Å². The lowest BCUT2D eigenvalue weighted by atomic mass is 9.93. The quantitative estimate of drug-likeness (QED) is 0.829. The lowest BCUT2D eigenvalue weighted by Gasteiger charge is -2.13. The van der Waals surface area contributed by atoms with E-state index in [0.717, 1.165) is 10.8 Å². The first kappa shape index (κ1) is 11.9. The Morgan fingerprint density at radius 3 is 2.25 bits per heavy atom. The molecule has 0 radical (unpaired) electrons. The maximum atomic E-state index is 4.41. The highest BCUT2D eigenvalue weighted by atomic mass is 79.9. The van der Waals surface area contributed by atoms with Crippen molar-refractivity contribution in [3.8, 4) is 0 Å². The Hall–Kier alpha value is -0.0900. The minimum atomic E-state index is 0. The summed E-state index contributed by atoms with van der Waals surface area (Å²) in [5.41, 5.74) is 1.33. The molecule has 70 valence electrons. The summed E-state index contributed by atoms with van der Waals surface area (Å²) in [4.78, 5) is 4.41. The Balaban J connectivity index is 0.00000121. The van der Waals surface area contributed by atoms with Crippen molar-refractivity contribution in [2.75, 3.05) is 12.4 Å². The second-order valence-corrected chi connectivity index (χ2v) is 4.40. The highest BCUT2D eigenvalue weighted by Crippen LogP contribution is 2.25. The number of aromatic nitrogens is 1. The van der Waals surface area contributed by atoms with Crippen molar-refractivity contribution in [1.82, 2.24) is 4.98 Å². The predicted octanol–water partition coefficient (Wildman–Crippen LogP) is 3.06. The molecule has 0 aliphatic rings. The van der Waals surface area contributed by atoms with Crippen LogP contribution in [0.4, 0.5) is 5.13 Å². The molecule has 0 saturated heterocycles. The molecule has 0 saturated carbocycles. The van der Waals surface area contributed by atoms with Gasteiger partial charge < -0.3 is 5.32 Å². The zero-order valence-electron chi connectivity index (χ0n) is 7.84. The molecule has 0 aliphatic carbocycles. The van der Waals surface area contributed by atoms with Crippen LogP contribution in [-0.2, 0) is 5.41 Å². The van der Waals surface area contributed by atoms with Crippen molar-refractivity contribution in [2.24, 2.45) is 0 Å². The minimum absolute atomic E-state index is 0. The summed E-state index contributed by atoms with van der Waals surface area (Å²) in [7, 11) is 1.89. The Morgan fingerprint density at radius 2 is 2.00 bits per heavy atom. The summed E-state index contributed by atoms with van der Waals surface area (Å²) in [6, 6.07) is 0. The van der Waals surface area contributed by atoms with Gasteiger partial charge >= 0.3 is 0 Å². The smallest absolute Gasteiger partial charge is 0.182 e. The van der Waals surface area contributed by atoms with E-state index in [0.29, 0.717) is 0 Å². The second kappa shape index (κ2) is 4.23. The first-order valence-corrected chi connectivity index (χ1v) is 4.56. The largest absolute Gasteiger partial charge is 0.365 e. The lowest BCUT2D eigenvalue weighted by molar-refractivity contribution is 0.573. The van der Waals surface area contributed by atoms with Crippen LogP contribution < -0.4 is 5.32 Å². The molecule has 1 aromatic heterocycles. The topological polar surface area (TPSA) is 24.9 Å². The van der Waals surface area contributed by atoms with Crippen molar-refractivity contribution in [2.45, 2.75) is 26.2 Å². The van der Waals surface area contributed by atoms with Crippen LogP contribution in [-0.4, -0.2) is 12.0 Å². The number of rotatable bonds is 1. The second-order valence-electron chi connectivity index (χ2n) is 3.54. The molecule has 2 nitrogen and oxygen atoms in total. The maximum Gasteiger partial charge on any atom is 0.182 e. The van der Waals surface area contributed by atoms with E-state index in [9.17, 15) is 0 Å². The van der Waals surface area contributed by atoms with Gasteiger partial charge in [-0.05, 0) is 0 Å². The van der Waals surface area contributed by atoms with Gasteiger partial charge in [0.15, 0.2) is 5.13 Å².